The Bertz CT molecular complexity index is 505. The highest BCUT2D eigenvalue weighted by Gasteiger charge is 2.31. The molecule has 0 spiro atoms. The van der Waals surface area contributed by atoms with Crippen molar-refractivity contribution in [2.24, 2.45) is 10.9 Å². The Hall–Kier alpha value is -0.570. The normalized spacial score (nSPS) is 26.2. The van der Waals surface area contributed by atoms with E-state index in [1.807, 2.05) is 0 Å². The van der Waals surface area contributed by atoms with Gasteiger partial charge in [-0.15, -0.1) is 24.0 Å². The lowest BCUT2D eigenvalue weighted by Gasteiger charge is -2.30. The highest BCUT2D eigenvalue weighted by atomic mass is 127. The van der Waals surface area contributed by atoms with Gasteiger partial charge in [0.2, 0.25) is 5.91 Å². The standard InChI is InChI=1S/C22H40N4O2.HI/c1-2-23-22(24-14-15-28-20-10-5-3-4-6-11-20)26-19-9-7-8-17(16-19)21(27)25-18-12-13-18;/h17-20H,2-16H2,1H3,(H,25,27)(H2,23,24,26);1H. The van der Waals surface area contributed by atoms with E-state index in [0.29, 0.717) is 31.3 Å². The largest absolute Gasteiger partial charge is 0.376 e. The van der Waals surface area contributed by atoms with Crippen LogP contribution in [0.4, 0.5) is 0 Å². The minimum Gasteiger partial charge on any atom is -0.376 e. The average molecular weight is 521 g/mol. The molecule has 0 saturated heterocycles. The van der Waals surface area contributed by atoms with Gasteiger partial charge in [0, 0.05) is 24.5 Å². The van der Waals surface area contributed by atoms with E-state index >= 15 is 0 Å². The topological polar surface area (TPSA) is 74.8 Å². The summed E-state index contributed by atoms with van der Waals surface area (Å²) in [7, 11) is 0. The molecule has 3 N–H and O–H groups in total. The fourth-order valence-corrected chi connectivity index (χ4v) is 4.40. The summed E-state index contributed by atoms with van der Waals surface area (Å²) in [5.74, 6) is 1.27. The first kappa shape index (κ1) is 24.7. The molecule has 6 nitrogen and oxygen atoms in total. The van der Waals surface area contributed by atoms with Crippen molar-refractivity contribution in [2.75, 3.05) is 19.7 Å². The molecule has 2 unspecified atom stereocenters. The van der Waals surface area contributed by atoms with E-state index in [1.54, 1.807) is 0 Å². The van der Waals surface area contributed by atoms with E-state index in [9.17, 15) is 4.79 Å². The summed E-state index contributed by atoms with van der Waals surface area (Å²) < 4.78 is 6.06. The number of hydrogen-bond donors (Lipinski definition) is 3. The molecule has 1 amide bonds. The molecule has 2 atom stereocenters. The molecule has 0 aliphatic heterocycles. The molecule has 0 radical (unpaired) electrons. The maximum absolute atomic E-state index is 12.4. The van der Waals surface area contributed by atoms with Crippen molar-refractivity contribution < 1.29 is 9.53 Å². The van der Waals surface area contributed by atoms with E-state index in [-0.39, 0.29) is 35.8 Å². The highest BCUT2D eigenvalue weighted by Crippen LogP contribution is 2.26. The molecular weight excluding hydrogens is 479 g/mol. The summed E-state index contributed by atoms with van der Waals surface area (Å²) in [6.07, 6.45) is 14.6. The number of carbonyl (C=O) groups excluding carboxylic acids is 1. The number of nitrogens with zero attached hydrogens (tertiary/aromatic N) is 1. The lowest BCUT2D eigenvalue weighted by atomic mass is 9.85. The van der Waals surface area contributed by atoms with Crippen LogP contribution in [-0.2, 0) is 9.53 Å². The van der Waals surface area contributed by atoms with Crippen LogP contribution in [0.2, 0.25) is 0 Å². The first-order chi connectivity index (χ1) is 13.7. The number of amides is 1. The van der Waals surface area contributed by atoms with Crippen molar-refractivity contribution >= 4 is 35.8 Å². The van der Waals surface area contributed by atoms with Crippen LogP contribution in [0.15, 0.2) is 4.99 Å². The van der Waals surface area contributed by atoms with Gasteiger partial charge in [-0.1, -0.05) is 32.1 Å². The van der Waals surface area contributed by atoms with Crippen molar-refractivity contribution in [1.82, 2.24) is 16.0 Å². The second kappa shape index (κ2) is 13.7. The SMILES string of the molecule is CCNC(=NCCOC1CCCCCC1)NC1CCCC(C(=O)NC2CC2)C1.I. The van der Waals surface area contributed by atoms with E-state index in [4.69, 9.17) is 9.73 Å². The van der Waals surface area contributed by atoms with Gasteiger partial charge in [0.25, 0.3) is 0 Å². The van der Waals surface area contributed by atoms with Gasteiger partial charge in [0.15, 0.2) is 5.96 Å². The fraction of sp³-hybridized carbons (Fsp3) is 0.909. The summed E-state index contributed by atoms with van der Waals surface area (Å²) in [6, 6.07) is 0.775. The third-order valence-corrected chi connectivity index (χ3v) is 6.17. The van der Waals surface area contributed by atoms with Gasteiger partial charge < -0.3 is 20.7 Å². The van der Waals surface area contributed by atoms with E-state index in [0.717, 1.165) is 51.0 Å². The van der Waals surface area contributed by atoms with Gasteiger partial charge in [-0.25, -0.2) is 0 Å². The van der Waals surface area contributed by atoms with Crippen LogP contribution in [0.3, 0.4) is 0 Å². The molecule has 0 bridgehead atoms. The van der Waals surface area contributed by atoms with Crippen LogP contribution >= 0.6 is 24.0 Å². The Balaban J connectivity index is 0.00000300. The Morgan fingerprint density at radius 2 is 1.69 bits per heavy atom. The van der Waals surface area contributed by atoms with Crippen LogP contribution in [0, 0.1) is 5.92 Å². The van der Waals surface area contributed by atoms with Crippen molar-refractivity contribution in [2.45, 2.75) is 102 Å². The zero-order valence-corrected chi connectivity index (χ0v) is 20.4. The maximum atomic E-state index is 12.4. The Morgan fingerprint density at radius 1 is 0.931 bits per heavy atom. The minimum atomic E-state index is 0. The van der Waals surface area contributed by atoms with E-state index in [1.165, 1.54) is 38.5 Å². The average Bonchev–Trinajstić information content (AvgIpc) is 3.53. The lowest BCUT2D eigenvalue weighted by Crippen LogP contribution is -2.47. The predicted molar refractivity (Wildman–Crippen MR) is 129 cm³/mol. The zero-order chi connectivity index (χ0) is 19.6. The van der Waals surface area contributed by atoms with E-state index in [2.05, 4.69) is 22.9 Å². The molecule has 0 heterocycles. The second-order valence-electron chi connectivity index (χ2n) is 8.73. The van der Waals surface area contributed by atoms with Gasteiger partial charge in [0.1, 0.15) is 0 Å². The van der Waals surface area contributed by atoms with Gasteiger partial charge in [-0.05, 0) is 51.9 Å². The third-order valence-electron chi connectivity index (χ3n) is 6.17. The number of ether oxygens (including phenoxy) is 1. The third kappa shape index (κ3) is 9.40. The Morgan fingerprint density at radius 3 is 2.38 bits per heavy atom. The molecule has 0 aromatic rings. The molecule has 0 aromatic heterocycles. The van der Waals surface area contributed by atoms with Gasteiger partial charge in [-0.3, -0.25) is 9.79 Å². The number of aliphatic imine (C=N–C) groups is 1. The van der Waals surface area contributed by atoms with Crippen molar-refractivity contribution in [1.29, 1.82) is 0 Å². The van der Waals surface area contributed by atoms with Crippen LogP contribution in [0.1, 0.15) is 84.0 Å². The number of carbonyl (C=O) groups is 1. The monoisotopic (exact) mass is 520 g/mol. The van der Waals surface area contributed by atoms with Crippen LogP contribution < -0.4 is 16.0 Å². The molecule has 3 rings (SSSR count). The maximum Gasteiger partial charge on any atom is 0.223 e. The number of halogens is 1. The highest BCUT2D eigenvalue weighted by molar-refractivity contribution is 14.0. The predicted octanol–water partition coefficient (Wildman–Crippen LogP) is 3.74. The number of rotatable bonds is 8. The molecular formula is C22H41IN4O2. The Kier molecular flexibility index (Phi) is 11.6. The number of nitrogens with one attached hydrogen (secondary N) is 3. The summed E-state index contributed by atoms with van der Waals surface area (Å²) >= 11 is 0. The summed E-state index contributed by atoms with van der Waals surface area (Å²) in [4.78, 5) is 17.1. The molecule has 3 aliphatic rings. The molecule has 7 heteroatoms. The molecule has 168 valence electrons. The van der Waals surface area contributed by atoms with Gasteiger partial charge >= 0.3 is 0 Å². The summed E-state index contributed by atoms with van der Waals surface area (Å²) in [5, 5.41) is 10.1. The number of hydrogen-bond acceptors (Lipinski definition) is 3. The van der Waals surface area contributed by atoms with Gasteiger partial charge in [0.05, 0.1) is 19.3 Å². The number of guanidine groups is 1. The minimum absolute atomic E-state index is 0. The quantitative estimate of drug-likeness (QED) is 0.150. The summed E-state index contributed by atoms with van der Waals surface area (Å²) in [5.41, 5.74) is 0. The second-order valence-corrected chi connectivity index (χ2v) is 8.73. The summed E-state index contributed by atoms with van der Waals surface area (Å²) in [6.45, 7) is 4.31. The van der Waals surface area contributed by atoms with Crippen molar-refractivity contribution in [3.63, 3.8) is 0 Å². The fourth-order valence-electron chi connectivity index (χ4n) is 4.40. The van der Waals surface area contributed by atoms with E-state index < -0.39 is 0 Å². The van der Waals surface area contributed by atoms with Crippen molar-refractivity contribution in [3.8, 4) is 0 Å². The van der Waals surface area contributed by atoms with Crippen LogP contribution in [0.5, 0.6) is 0 Å². The molecule has 0 aromatic carbocycles. The van der Waals surface area contributed by atoms with Crippen molar-refractivity contribution in [3.05, 3.63) is 0 Å². The van der Waals surface area contributed by atoms with Crippen LogP contribution in [0.25, 0.3) is 0 Å². The lowest BCUT2D eigenvalue weighted by molar-refractivity contribution is -0.126. The zero-order valence-electron chi connectivity index (χ0n) is 18.1. The Labute approximate surface area is 193 Å². The first-order valence-electron chi connectivity index (χ1n) is 11.7. The molecule has 29 heavy (non-hydrogen) atoms. The smallest absolute Gasteiger partial charge is 0.223 e. The van der Waals surface area contributed by atoms with Gasteiger partial charge in [-0.2, -0.15) is 0 Å². The molecule has 3 saturated carbocycles. The first-order valence-corrected chi connectivity index (χ1v) is 11.7. The van der Waals surface area contributed by atoms with Crippen LogP contribution in [-0.4, -0.2) is 49.8 Å². The molecule has 3 fully saturated rings. The molecule has 3 aliphatic carbocycles.